The average molecular weight is 290 g/mol. The molecule has 0 atom stereocenters. The molecule has 1 aliphatic heterocycles. The molecule has 0 saturated carbocycles. The molecule has 0 aliphatic carbocycles. The van der Waals surface area contributed by atoms with Crippen LogP contribution in [0.4, 0.5) is 5.69 Å². The molecule has 1 fully saturated rings. The fourth-order valence-electron chi connectivity index (χ4n) is 2.69. The van der Waals surface area contributed by atoms with E-state index in [4.69, 9.17) is 4.74 Å². The summed E-state index contributed by atoms with van der Waals surface area (Å²) in [6, 6.07) is 3.14. The van der Waals surface area contributed by atoms with Crippen LogP contribution < -0.4 is 4.74 Å². The molecule has 2 heterocycles. The summed E-state index contributed by atoms with van der Waals surface area (Å²) in [5.41, 5.74) is 0.733. The Balaban J connectivity index is 1.69. The van der Waals surface area contributed by atoms with Gasteiger partial charge in [0.25, 0.3) is 0 Å². The number of fused-ring (bicyclic) bond motifs is 1. The first-order chi connectivity index (χ1) is 10.2. The molecule has 21 heavy (non-hydrogen) atoms. The Bertz CT molecular complexity index is 634. The maximum atomic E-state index is 11.1. The van der Waals surface area contributed by atoms with Gasteiger partial charge in [0.05, 0.1) is 16.6 Å². The lowest BCUT2D eigenvalue weighted by Crippen LogP contribution is -2.33. The van der Waals surface area contributed by atoms with Crippen molar-refractivity contribution in [3.8, 4) is 5.75 Å². The van der Waals surface area contributed by atoms with Crippen LogP contribution >= 0.6 is 0 Å². The van der Waals surface area contributed by atoms with Gasteiger partial charge in [0.1, 0.15) is 6.61 Å². The molecule has 0 amide bonds. The number of piperidine rings is 1. The van der Waals surface area contributed by atoms with Crippen molar-refractivity contribution in [1.82, 2.24) is 15.1 Å². The van der Waals surface area contributed by atoms with Gasteiger partial charge in [-0.2, -0.15) is 5.10 Å². The van der Waals surface area contributed by atoms with E-state index < -0.39 is 4.92 Å². The molecule has 7 nitrogen and oxygen atoms in total. The number of likely N-dealkylation sites (tertiary alicyclic amines) is 1. The Hall–Kier alpha value is -2.15. The molecule has 0 bridgehead atoms. The van der Waals surface area contributed by atoms with Gasteiger partial charge >= 0.3 is 5.69 Å². The van der Waals surface area contributed by atoms with E-state index in [2.05, 4.69) is 15.1 Å². The number of benzene rings is 1. The first-order valence-corrected chi connectivity index (χ1v) is 7.21. The third-order valence-corrected chi connectivity index (χ3v) is 3.83. The number of rotatable bonds is 5. The molecule has 1 saturated heterocycles. The highest BCUT2D eigenvalue weighted by Gasteiger charge is 2.18. The number of ether oxygens (including phenoxy) is 1. The summed E-state index contributed by atoms with van der Waals surface area (Å²) in [4.78, 5) is 13.1. The molecule has 112 valence electrons. The molecular weight excluding hydrogens is 272 g/mol. The number of hydrogen-bond donors (Lipinski definition) is 1. The Morgan fingerprint density at radius 3 is 2.90 bits per heavy atom. The van der Waals surface area contributed by atoms with Crippen LogP contribution in [0.3, 0.4) is 0 Å². The number of aromatic amines is 1. The van der Waals surface area contributed by atoms with Gasteiger partial charge in [-0.15, -0.1) is 0 Å². The Morgan fingerprint density at radius 1 is 1.33 bits per heavy atom. The van der Waals surface area contributed by atoms with Crippen LogP contribution in [0, 0.1) is 10.1 Å². The normalized spacial score (nSPS) is 16.2. The molecular formula is C14H18N4O3. The summed E-state index contributed by atoms with van der Waals surface area (Å²) >= 11 is 0. The van der Waals surface area contributed by atoms with Crippen molar-refractivity contribution in [1.29, 1.82) is 0 Å². The number of nitro groups is 1. The highest BCUT2D eigenvalue weighted by molar-refractivity contribution is 5.83. The number of nitrogens with zero attached hydrogens (tertiary/aromatic N) is 3. The number of aromatic nitrogens is 2. The number of nitro benzene ring substituents is 1. The summed E-state index contributed by atoms with van der Waals surface area (Å²) in [5.74, 6) is 0.300. The zero-order valence-electron chi connectivity index (χ0n) is 11.7. The minimum absolute atomic E-state index is 0.0115. The number of nitrogens with one attached hydrogen (secondary N) is 1. The van der Waals surface area contributed by atoms with E-state index >= 15 is 0 Å². The van der Waals surface area contributed by atoms with Crippen LogP contribution in [0.1, 0.15) is 19.3 Å². The highest BCUT2D eigenvalue weighted by Crippen LogP contribution is 2.31. The lowest BCUT2D eigenvalue weighted by atomic mass is 10.1. The molecule has 3 rings (SSSR count). The predicted octanol–water partition coefficient (Wildman–Crippen LogP) is 2.34. The molecule has 0 unspecified atom stereocenters. The van der Waals surface area contributed by atoms with Crippen molar-refractivity contribution >= 4 is 16.6 Å². The van der Waals surface area contributed by atoms with Gasteiger partial charge < -0.3 is 4.74 Å². The van der Waals surface area contributed by atoms with E-state index in [0.717, 1.165) is 25.2 Å². The Kier molecular flexibility index (Phi) is 4.01. The summed E-state index contributed by atoms with van der Waals surface area (Å²) in [7, 11) is 0. The van der Waals surface area contributed by atoms with Crippen LogP contribution in [0.5, 0.6) is 5.75 Å². The summed E-state index contributed by atoms with van der Waals surface area (Å²) < 4.78 is 5.65. The topological polar surface area (TPSA) is 84.3 Å². The van der Waals surface area contributed by atoms with Crippen molar-refractivity contribution in [3.05, 3.63) is 28.4 Å². The van der Waals surface area contributed by atoms with Crippen LogP contribution in [-0.4, -0.2) is 46.3 Å². The van der Waals surface area contributed by atoms with Crippen LogP contribution in [0.2, 0.25) is 0 Å². The van der Waals surface area contributed by atoms with E-state index in [9.17, 15) is 10.1 Å². The first-order valence-electron chi connectivity index (χ1n) is 7.21. The predicted molar refractivity (Wildman–Crippen MR) is 78.5 cm³/mol. The van der Waals surface area contributed by atoms with Gasteiger partial charge in [-0.05, 0) is 25.9 Å². The Morgan fingerprint density at radius 2 is 2.14 bits per heavy atom. The lowest BCUT2D eigenvalue weighted by molar-refractivity contribution is -0.385. The zero-order chi connectivity index (χ0) is 14.7. The van der Waals surface area contributed by atoms with Crippen LogP contribution in [-0.2, 0) is 0 Å². The molecule has 0 spiro atoms. The standard InChI is InChI=1S/C14H18N4O3/c19-18(20)13-8-11-10-15-16-12(11)9-14(13)21-7-6-17-4-2-1-3-5-17/h8-10H,1-7H2,(H,15,16). The minimum Gasteiger partial charge on any atom is -0.485 e. The van der Waals surface area contributed by atoms with Crippen molar-refractivity contribution in [2.45, 2.75) is 19.3 Å². The maximum Gasteiger partial charge on any atom is 0.311 e. The molecule has 7 heteroatoms. The quantitative estimate of drug-likeness (QED) is 0.675. The molecule has 0 radical (unpaired) electrons. The van der Waals surface area contributed by atoms with Crippen molar-refractivity contribution in [3.63, 3.8) is 0 Å². The molecule has 1 N–H and O–H groups in total. The second-order valence-electron chi connectivity index (χ2n) is 5.29. The van der Waals surface area contributed by atoms with Gasteiger partial charge in [-0.1, -0.05) is 6.42 Å². The number of hydrogen-bond acceptors (Lipinski definition) is 5. The lowest BCUT2D eigenvalue weighted by Gasteiger charge is -2.26. The van der Waals surface area contributed by atoms with Gasteiger partial charge in [0, 0.05) is 24.1 Å². The Labute approximate surface area is 122 Å². The minimum atomic E-state index is -0.414. The second-order valence-corrected chi connectivity index (χ2v) is 5.29. The summed E-state index contributed by atoms with van der Waals surface area (Å²) in [5, 5.41) is 18.5. The van der Waals surface area contributed by atoms with Gasteiger partial charge in [-0.3, -0.25) is 20.1 Å². The van der Waals surface area contributed by atoms with Gasteiger partial charge in [0.15, 0.2) is 5.75 Å². The summed E-state index contributed by atoms with van der Waals surface area (Å²) in [6.45, 7) is 3.44. The summed E-state index contributed by atoms with van der Waals surface area (Å²) in [6.07, 6.45) is 5.31. The average Bonchev–Trinajstić information content (AvgIpc) is 2.94. The fraction of sp³-hybridized carbons (Fsp3) is 0.500. The largest absolute Gasteiger partial charge is 0.485 e. The van der Waals surface area contributed by atoms with E-state index in [1.807, 2.05) is 0 Å². The second kappa shape index (κ2) is 6.09. The SMILES string of the molecule is O=[N+]([O-])c1cc2cn[nH]c2cc1OCCN1CCCCC1. The van der Waals surface area contributed by atoms with Crippen molar-refractivity contribution < 1.29 is 9.66 Å². The van der Waals surface area contributed by atoms with Crippen molar-refractivity contribution in [2.24, 2.45) is 0 Å². The number of H-pyrrole nitrogens is 1. The first kappa shape index (κ1) is 13.8. The third kappa shape index (κ3) is 3.13. The van der Waals surface area contributed by atoms with Crippen LogP contribution in [0.25, 0.3) is 10.9 Å². The van der Waals surface area contributed by atoms with E-state index in [1.54, 1.807) is 12.3 Å². The van der Waals surface area contributed by atoms with Gasteiger partial charge in [-0.25, -0.2) is 0 Å². The molecule has 1 aromatic carbocycles. The molecule has 2 aromatic rings. The van der Waals surface area contributed by atoms with E-state index in [1.165, 1.54) is 25.3 Å². The van der Waals surface area contributed by atoms with Crippen molar-refractivity contribution in [2.75, 3.05) is 26.2 Å². The monoisotopic (exact) mass is 290 g/mol. The van der Waals surface area contributed by atoms with E-state index in [-0.39, 0.29) is 5.69 Å². The third-order valence-electron chi connectivity index (χ3n) is 3.83. The molecule has 1 aromatic heterocycles. The van der Waals surface area contributed by atoms with Gasteiger partial charge in [0.2, 0.25) is 0 Å². The molecule has 1 aliphatic rings. The fourth-order valence-corrected chi connectivity index (χ4v) is 2.69. The smallest absolute Gasteiger partial charge is 0.311 e. The van der Waals surface area contributed by atoms with Crippen LogP contribution in [0.15, 0.2) is 18.3 Å². The highest BCUT2D eigenvalue weighted by atomic mass is 16.6. The zero-order valence-corrected chi connectivity index (χ0v) is 11.7. The van der Waals surface area contributed by atoms with E-state index in [0.29, 0.717) is 17.7 Å². The maximum absolute atomic E-state index is 11.1.